The van der Waals surface area contributed by atoms with Crippen LogP contribution in [0.5, 0.6) is 0 Å². The molecule has 0 fully saturated rings. The number of aryl methyl sites for hydroxylation is 1. The number of alkyl halides is 3. The van der Waals surface area contributed by atoms with Crippen molar-refractivity contribution in [2.45, 2.75) is 31.5 Å². The maximum atomic E-state index is 13.7. The van der Waals surface area contributed by atoms with Gasteiger partial charge in [-0.05, 0) is 12.1 Å². The number of carbonyl (C=O) groups is 3. The van der Waals surface area contributed by atoms with Crippen LogP contribution in [0.1, 0.15) is 18.7 Å². The lowest BCUT2D eigenvalue weighted by Crippen LogP contribution is -2.51. The number of carbonyl (C=O) groups excluding carboxylic acids is 3. The van der Waals surface area contributed by atoms with Gasteiger partial charge in [-0.3, -0.25) is 19.3 Å². The van der Waals surface area contributed by atoms with E-state index < -0.39 is 43.0 Å². The maximum Gasteiger partial charge on any atom is 0.409 e. The largest absolute Gasteiger partial charge is 0.456 e. The van der Waals surface area contributed by atoms with Gasteiger partial charge in [0, 0.05) is 12.0 Å². The summed E-state index contributed by atoms with van der Waals surface area (Å²) in [5, 5.41) is 2.37. The summed E-state index contributed by atoms with van der Waals surface area (Å²) < 4.78 is 51.7. The lowest BCUT2D eigenvalue weighted by atomic mass is 10.1. The molecule has 1 aliphatic rings. The smallest absolute Gasteiger partial charge is 0.409 e. The van der Waals surface area contributed by atoms with Crippen molar-refractivity contribution < 1.29 is 36.7 Å². The summed E-state index contributed by atoms with van der Waals surface area (Å²) in [6, 6.07) is 12.4. The molecule has 1 atom stereocenters. The molecule has 11 heteroatoms. The highest BCUT2D eigenvalue weighted by atomic mass is 19.4. The number of hydrogen-bond donors (Lipinski definition) is 1. The first kappa shape index (κ1) is 24.0. The molecule has 4 rings (SSSR count). The van der Waals surface area contributed by atoms with Crippen molar-refractivity contribution >= 4 is 29.2 Å². The second-order valence-electron chi connectivity index (χ2n) is 7.74. The Morgan fingerprint density at radius 2 is 1.83 bits per heavy atom. The molecule has 182 valence electrons. The highest BCUT2D eigenvalue weighted by Gasteiger charge is 2.49. The molecule has 0 spiro atoms. The first-order valence-electron chi connectivity index (χ1n) is 10.7. The second kappa shape index (κ2) is 10.00. The molecule has 1 aromatic heterocycles. The molecular formula is C24H20F3N3O5. The Labute approximate surface area is 197 Å². The fraction of sp³-hybridized carbons (Fsp3) is 0.250. The fourth-order valence-electron chi connectivity index (χ4n) is 3.65. The number of para-hydroxylation sites is 2. The van der Waals surface area contributed by atoms with Crippen molar-refractivity contribution in [1.29, 1.82) is 0 Å². The predicted molar refractivity (Wildman–Crippen MR) is 118 cm³/mol. The van der Waals surface area contributed by atoms with Gasteiger partial charge in [0.25, 0.3) is 5.91 Å². The van der Waals surface area contributed by atoms with Gasteiger partial charge < -0.3 is 14.5 Å². The highest BCUT2D eigenvalue weighted by molar-refractivity contribution is 6.05. The van der Waals surface area contributed by atoms with Crippen LogP contribution in [0.2, 0.25) is 0 Å². The Hall–Kier alpha value is -4.15. The van der Waals surface area contributed by atoms with Crippen LogP contribution in [0.25, 0.3) is 11.3 Å². The van der Waals surface area contributed by atoms with Crippen LogP contribution in [-0.2, 0) is 25.5 Å². The molecule has 0 radical (unpaired) electrons. The van der Waals surface area contributed by atoms with Crippen molar-refractivity contribution in [3.63, 3.8) is 0 Å². The number of halogens is 3. The number of esters is 1. The number of ether oxygens (including phenoxy) is 1. The van der Waals surface area contributed by atoms with Crippen molar-refractivity contribution in [1.82, 2.24) is 4.98 Å². The molecule has 8 nitrogen and oxygen atoms in total. The monoisotopic (exact) mass is 487 g/mol. The number of fused-ring (bicyclic) bond motifs is 1. The van der Waals surface area contributed by atoms with Crippen LogP contribution in [0.15, 0.2) is 65.2 Å². The SMILES string of the molecule is O=C1CC(C(F)(F)F)N(C(=O)COC(=O)CCc2ncc(-c3ccccc3)o2)c2ccccc2N1. The van der Waals surface area contributed by atoms with Crippen LogP contribution in [0.3, 0.4) is 0 Å². The second-order valence-corrected chi connectivity index (χ2v) is 7.74. The molecule has 0 aliphatic carbocycles. The van der Waals surface area contributed by atoms with Gasteiger partial charge in [-0.2, -0.15) is 13.2 Å². The van der Waals surface area contributed by atoms with Crippen molar-refractivity contribution in [3.05, 3.63) is 66.7 Å². The maximum absolute atomic E-state index is 13.7. The average molecular weight is 487 g/mol. The molecule has 1 aliphatic heterocycles. The number of rotatable bonds is 6. The molecule has 2 amide bonds. The number of aromatic nitrogens is 1. The van der Waals surface area contributed by atoms with E-state index in [2.05, 4.69) is 10.3 Å². The van der Waals surface area contributed by atoms with Gasteiger partial charge >= 0.3 is 12.1 Å². The molecular weight excluding hydrogens is 467 g/mol. The summed E-state index contributed by atoms with van der Waals surface area (Å²) in [5.41, 5.74) is 0.737. The molecule has 0 bridgehead atoms. The zero-order chi connectivity index (χ0) is 25.0. The lowest BCUT2D eigenvalue weighted by Gasteiger charge is -2.31. The molecule has 0 saturated heterocycles. The predicted octanol–water partition coefficient (Wildman–Crippen LogP) is 4.12. The van der Waals surface area contributed by atoms with Crippen molar-refractivity contribution in [2.24, 2.45) is 0 Å². The standard InChI is InChI=1S/C24H20F3N3O5/c25-24(26,27)19-12-20(31)29-16-8-4-5-9-17(16)30(19)22(32)14-34-23(33)11-10-21-28-13-18(35-21)15-6-2-1-3-7-15/h1-9,13,19H,10-12,14H2,(H,29,31). The number of benzene rings is 2. The van der Waals surface area contributed by atoms with E-state index >= 15 is 0 Å². The van der Waals surface area contributed by atoms with E-state index in [9.17, 15) is 27.6 Å². The summed E-state index contributed by atoms with van der Waals surface area (Å²) >= 11 is 0. The first-order valence-corrected chi connectivity index (χ1v) is 10.7. The van der Waals surface area contributed by atoms with Crippen LogP contribution >= 0.6 is 0 Å². The van der Waals surface area contributed by atoms with Crippen LogP contribution in [0.4, 0.5) is 24.5 Å². The molecule has 1 N–H and O–H groups in total. The Balaban J connectivity index is 1.40. The Morgan fingerprint density at radius 3 is 2.57 bits per heavy atom. The zero-order valence-corrected chi connectivity index (χ0v) is 18.2. The first-order chi connectivity index (χ1) is 16.7. The van der Waals surface area contributed by atoms with E-state index in [4.69, 9.17) is 9.15 Å². The van der Waals surface area contributed by atoms with E-state index in [1.807, 2.05) is 30.3 Å². The van der Waals surface area contributed by atoms with Gasteiger partial charge in [0.05, 0.1) is 30.4 Å². The number of nitrogens with zero attached hydrogens (tertiary/aromatic N) is 2. The number of anilines is 2. The topological polar surface area (TPSA) is 102 Å². The fourth-order valence-corrected chi connectivity index (χ4v) is 3.65. The Bertz CT molecular complexity index is 1230. The highest BCUT2D eigenvalue weighted by Crippen LogP contribution is 2.37. The van der Waals surface area contributed by atoms with Crippen LogP contribution < -0.4 is 10.2 Å². The van der Waals surface area contributed by atoms with E-state index in [1.165, 1.54) is 30.5 Å². The van der Waals surface area contributed by atoms with Gasteiger partial charge in [-0.1, -0.05) is 42.5 Å². The summed E-state index contributed by atoms with van der Waals surface area (Å²) in [5.74, 6) is -2.00. The number of hydrogen-bond acceptors (Lipinski definition) is 6. The lowest BCUT2D eigenvalue weighted by molar-refractivity contribution is -0.160. The molecule has 0 saturated carbocycles. The Morgan fingerprint density at radius 1 is 1.11 bits per heavy atom. The molecule has 2 aromatic carbocycles. The zero-order valence-electron chi connectivity index (χ0n) is 18.2. The minimum absolute atomic E-state index is 0.0574. The summed E-state index contributed by atoms with van der Waals surface area (Å²) in [4.78, 5) is 41.5. The minimum Gasteiger partial charge on any atom is -0.456 e. The van der Waals surface area contributed by atoms with E-state index in [1.54, 1.807) is 0 Å². The molecule has 1 unspecified atom stereocenters. The third-order valence-electron chi connectivity index (χ3n) is 5.29. The third-order valence-corrected chi connectivity index (χ3v) is 5.29. The van der Waals surface area contributed by atoms with E-state index in [0.717, 1.165) is 5.56 Å². The van der Waals surface area contributed by atoms with Gasteiger partial charge in [-0.25, -0.2) is 4.98 Å². The van der Waals surface area contributed by atoms with Crippen molar-refractivity contribution in [2.75, 3.05) is 16.8 Å². The molecule has 3 aromatic rings. The van der Waals surface area contributed by atoms with Crippen molar-refractivity contribution in [3.8, 4) is 11.3 Å². The number of nitrogens with one attached hydrogen (secondary N) is 1. The summed E-state index contributed by atoms with van der Waals surface area (Å²) in [6.45, 7) is -0.922. The minimum atomic E-state index is -4.88. The molecule has 35 heavy (non-hydrogen) atoms. The van der Waals surface area contributed by atoms with E-state index in [0.29, 0.717) is 10.7 Å². The number of oxazole rings is 1. The quantitative estimate of drug-likeness (QED) is 0.525. The van der Waals surface area contributed by atoms with Gasteiger partial charge in [0.15, 0.2) is 18.3 Å². The van der Waals surface area contributed by atoms with E-state index in [-0.39, 0.29) is 30.1 Å². The summed E-state index contributed by atoms with van der Waals surface area (Å²) in [7, 11) is 0. The average Bonchev–Trinajstić information content (AvgIpc) is 3.24. The normalized spacial score (nSPS) is 15.7. The van der Waals surface area contributed by atoms with Gasteiger partial charge in [-0.15, -0.1) is 0 Å². The van der Waals surface area contributed by atoms with Crippen LogP contribution in [0, 0.1) is 0 Å². The summed E-state index contributed by atoms with van der Waals surface area (Å²) in [6.07, 6.45) is -4.46. The third kappa shape index (κ3) is 5.68. The number of amides is 2. The Kier molecular flexibility index (Phi) is 6.85. The van der Waals surface area contributed by atoms with Crippen LogP contribution in [-0.4, -0.2) is 41.6 Å². The van der Waals surface area contributed by atoms with Gasteiger partial charge in [0.1, 0.15) is 6.04 Å². The van der Waals surface area contributed by atoms with Gasteiger partial charge in [0.2, 0.25) is 5.91 Å². The molecule has 2 heterocycles.